The normalized spacial score (nSPS) is 12.8. The minimum Gasteiger partial charge on any atom is -0.320 e. The van der Waals surface area contributed by atoms with E-state index in [0.29, 0.717) is 10.6 Å². The lowest BCUT2D eigenvalue weighted by Crippen LogP contribution is -2.12. The summed E-state index contributed by atoms with van der Waals surface area (Å²) in [5, 5.41) is 0.605. The van der Waals surface area contributed by atoms with E-state index < -0.39 is 6.04 Å². The molecule has 0 fully saturated rings. The van der Waals surface area contributed by atoms with Gasteiger partial charge in [-0.25, -0.2) is 4.39 Å². The van der Waals surface area contributed by atoms with Crippen LogP contribution in [0.1, 0.15) is 22.0 Å². The molecule has 1 aromatic carbocycles. The van der Waals surface area contributed by atoms with E-state index in [2.05, 4.69) is 15.9 Å². The Morgan fingerprint density at radius 1 is 1.41 bits per heavy atom. The van der Waals surface area contributed by atoms with E-state index in [9.17, 15) is 4.39 Å². The van der Waals surface area contributed by atoms with E-state index in [1.807, 2.05) is 6.92 Å². The van der Waals surface area contributed by atoms with Crippen molar-refractivity contribution in [3.63, 3.8) is 0 Å². The summed E-state index contributed by atoms with van der Waals surface area (Å²) >= 11 is 10.7. The van der Waals surface area contributed by atoms with Crippen LogP contribution in [-0.2, 0) is 0 Å². The average molecular weight is 335 g/mol. The number of hydrogen-bond donors (Lipinski definition) is 1. The topological polar surface area (TPSA) is 26.0 Å². The number of rotatable bonds is 2. The number of benzene rings is 1. The lowest BCUT2D eigenvalue weighted by molar-refractivity contribution is 0.600. The third-order valence-electron chi connectivity index (χ3n) is 2.46. The second-order valence-corrected chi connectivity index (χ2v) is 6.58. The Morgan fingerprint density at radius 2 is 2.12 bits per heavy atom. The summed E-state index contributed by atoms with van der Waals surface area (Å²) in [5.41, 5.74) is 7.54. The van der Waals surface area contributed by atoms with Crippen molar-refractivity contribution in [3.8, 4) is 0 Å². The number of aryl methyl sites for hydroxylation is 1. The molecule has 0 bridgehead atoms. The average Bonchev–Trinajstić information content (AvgIpc) is 2.62. The standard InChI is InChI=1S/C12H10BrClFNS/c1-6-2-3-9(15)7(4-6)11(16)10-5-8(14)12(13)17-10/h2-5,11H,16H2,1H3. The third-order valence-corrected chi connectivity index (χ3v) is 5.02. The molecule has 1 atom stereocenters. The molecule has 0 aliphatic carbocycles. The molecule has 2 N–H and O–H groups in total. The van der Waals surface area contributed by atoms with Gasteiger partial charge in [0.05, 0.1) is 14.9 Å². The minimum atomic E-state index is -0.483. The molecule has 0 spiro atoms. The highest BCUT2D eigenvalue weighted by molar-refractivity contribution is 9.11. The van der Waals surface area contributed by atoms with E-state index in [-0.39, 0.29) is 5.82 Å². The SMILES string of the molecule is Cc1ccc(F)c(C(N)c2cc(Cl)c(Br)s2)c1. The van der Waals surface area contributed by atoms with Crippen LogP contribution in [0.15, 0.2) is 28.1 Å². The molecule has 0 amide bonds. The highest BCUT2D eigenvalue weighted by Gasteiger charge is 2.17. The van der Waals surface area contributed by atoms with E-state index in [0.717, 1.165) is 14.2 Å². The van der Waals surface area contributed by atoms with E-state index in [1.54, 1.807) is 18.2 Å². The molecule has 17 heavy (non-hydrogen) atoms. The predicted octanol–water partition coefficient (Wildman–Crippen LogP) is 4.66. The number of nitrogens with two attached hydrogens (primary N) is 1. The Labute approximate surface area is 117 Å². The molecule has 2 rings (SSSR count). The summed E-state index contributed by atoms with van der Waals surface area (Å²) in [6, 6.07) is 6.21. The van der Waals surface area contributed by atoms with Crippen molar-refractivity contribution in [1.82, 2.24) is 0 Å². The van der Waals surface area contributed by atoms with Gasteiger partial charge in [-0.1, -0.05) is 29.3 Å². The number of hydrogen-bond acceptors (Lipinski definition) is 2. The summed E-state index contributed by atoms with van der Waals surface area (Å²) in [7, 11) is 0. The molecule has 2 aromatic rings. The molecule has 1 aromatic heterocycles. The smallest absolute Gasteiger partial charge is 0.128 e. The van der Waals surface area contributed by atoms with Crippen LogP contribution in [0.3, 0.4) is 0 Å². The lowest BCUT2D eigenvalue weighted by Gasteiger charge is -2.11. The lowest BCUT2D eigenvalue weighted by atomic mass is 10.0. The molecule has 0 saturated heterocycles. The zero-order chi connectivity index (χ0) is 12.6. The summed E-state index contributed by atoms with van der Waals surface area (Å²) in [6.45, 7) is 1.91. The minimum absolute atomic E-state index is 0.288. The fourth-order valence-electron chi connectivity index (χ4n) is 1.57. The molecule has 1 unspecified atom stereocenters. The van der Waals surface area contributed by atoms with Crippen LogP contribution < -0.4 is 5.73 Å². The third kappa shape index (κ3) is 2.71. The van der Waals surface area contributed by atoms with Crippen LogP contribution in [0.4, 0.5) is 4.39 Å². The Morgan fingerprint density at radius 3 is 2.71 bits per heavy atom. The Hall–Kier alpha value is -0.420. The molecule has 5 heteroatoms. The number of halogens is 3. The van der Waals surface area contributed by atoms with Crippen LogP contribution in [0.25, 0.3) is 0 Å². The first-order chi connectivity index (χ1) is 7.99. The van der Waals surface area contributed by atoms with Gasteiger partial charge in [-0.3, -0.25) is 0 Å². The second kappa shape index (κ2) is 5.06. The van der Waals surface area contributed by atoms with Gasteiger partial charge >= 0.3 is 0 Å². The Bertz CT molecular complexity index is 536. The molecule has 0 aliphatic heterocycles. The van der Waals surface area contributed by atoms with Gasteiger partial charge in [-0.15, -0.1) is 11.3 Å². The van der Waals surface area contributed by atoms with Gasteiger partial charge in [-0.2, -0.15) is 0 Å². The van der Waals surface area contributed by atoms with Crippen molar-refractivity contribution in [2.24, 2.45) is 5.73 Å². The summed E-state index contributed by atoms with van der Waals surface area (Å²) < 4.78 is 14.5. The summed E-state index contributed by atoms with van der Waals surface area (Å²) in [4.78, 5) is 0.839. The molecule has 0 radical (unpaired) electrons. The van der Waals surface area contributed by atoms with E-state index in [4.69, 9.17) is 17.3 Å². The van der Waals surface area contributed by atoms with Crippen LogP contribution in [-0.4, -0.2) is 0 Å². The highest BCUT2D eigenvalue weighted by atomic mass is 79.9. The predicted molar refractivity (Wildman–Crippen MR) is 74.2 cm³/mol. The van der Waals surface area contributed by atoms with Crippen LogP contribution >= 0.6 is 38.9 Å². The van der Waals surface area contributed by atoms with Gasteiger partial charge in [0.15, 0.2) is 0 Å². The molecule has 90 valence electrons. The Balaban J connectivity index is 2.42. The van der Waals surface area contributed by atoms with E-state index in [1.165, 1.54) is 17.4 Å². The maximum absolute atomic E-state index is 13.7. The zero-order valence-electron chi connectivity index (χ0n) is 9.01. The molecule has 1 heterocycles. The first-order valence-corrected chi connectivity index (χ1v) is 6.94. The van der Waals surface area contributed by atoms with Crippen molar-refractivity contribution < 1.29 is 4.39 Å². The largest absolute Gasteiger partial charge is 0.320 e. The fraction of sp³-hybridized carbons (Fsp3) is 0.167. The van der Waals surface area contributed by atoms with Gasteiger partial charge in [-0.05, 0) is 35.0 Å². The second-order valence-electron chi connectivity index (χ2n) is 3.77. The number of thiophene rings is 1. The maximum atomic E-state index is 13.7. The van der Waals surface area contributed by atoms with Gasteiger partial charge < -0.3 is 5.73 Å². The molecule has 0 saturated carbocycles. The van der Waals surface area contributed by atoms with Crippen molar-refractivity contribution in [2.45, 2.75) is 13.0 Å². The van der Waals surface area contributed by atoms with Crippen molar-refractivity contribution in [2.75, 3.05) is 0 Å². The van der Waals surface area contributed by atoms with Crippen molar-refractivity contribution >= 4 is 38.9 Å². The highest BCUT2D eigenvalue weighted by Crippen LogP contribution is 2.37. The Kier molecular flexibility index (Phi) is 3.88. The molecular formula is C12H10BrClFNS. The molecular weight excluding hydrogens is 325 g/mol. The quantitative estimate of drug-likeness (QED) is 0.849. The fourth-order valence-corrected chi connectivity index (χ4v) is 3.34. The van der Waals surface area contributed by atoms with Gasteiger partial charge in [0.25, 0.3) is 0 Å². The zero-order valence-corrected chi connectivity index (χ0v) is 12.2. The maximum Gasteiger partial charge on any atom is 0.128 e. The molecule has 1 nitrogen and oxygen atoms in total. The van der Waals surface area contributed by atoms with Crippen LogP contribution in [0, 0.1) is 12.7 Å². The molecule has 0 aliphatic rings. The summed E-state index contributed by atoms with van der Waals surface area (Å²) in [5.74, 6) is -0.288. The summed E-state index contributed by atoms with van der Waals surface area (Å²) in [6.07, 6.45) is 0. The van der Waals surface area contributed by atoms with Crippen LogP contribution in [0.2, 0.25) is 5.02 Å². The first-order valence-electron chi connectivity index (χ1n) is 4.95. The van der Waals surface area contributed by atoms with Crippen LogP contribution in [0.5, 0.6) is 0 Å². The van der Waals surface area contributed by atoms with Crippen molar-refractivity contribution in [1.29, 1.82) is 0 Å². The van der Waals surface area contributed by atoms with Crippen molar-refractivity contribution in [3.05, 3.63) is 54.9 Å². The van der Waals surface area contributed by atoms with Gasteiger partial charge in [0.2, 0.25) is 0 Å². The van der Waals surface area contributed by atoms with E-state index >= 15 is 0 Å². The first kappa shape index (κ1) is 13.0. The monoisotopic (exact) mass is 333 g/mol. The van der Waals surface area contributed by atoms with Gasteiger partial charge in [0, 0.05) is 10.4 Å². The van der Waals surface area contributed by atoms with Gasteiger partial charge in [0.1, 0.15) is 5.82 Å².